The Hall–Kier alpha value is -1.02. The minimum absolute atomic E-state index is 0.473. The molecule has 1 aromatic rings. The van der Waals surface area contributed by atoms with Gasteiger partial charge in [0.1, 0.15) is 0 Å². The highest BCUT2D eigenvalue weighted by molar-refractivity contribution is 5.13. The minimum Gasteiger partial charge on any atom is -0.472 e. The topological polar surface area (TPSA) is 25.2 Å². The van der Waals surface area contributed by atoms with Crippen molar-refractivity contribution in [3.05, 3.63) is 35.8 Å². The number of nitrogens with one attached hydrogen (secondary N) is 1. The van der Waals surface area contributed by atoms with Gasteiger partial charge in [0.05, 0.1) is 12.5 Å². The van der Waals surface area contributed by atoms with Crippen LogP contribution in [0.5, 0.6) is 0 Å². The smallest absolute Gasteiger partial charge is 0.0950 e. The fourth-order valence-corrected chi connectivity index (χ4v) is 2.54. The molecule has 1 aliphatic rings. The Morgan fingerprint density at radius 1 is 1.47 bits per heavy atom. The summed E-state index contributed by atoms with van der Waals surface area (Å²) in [4.78, 5) is 0. The van der Waals surface area contributed by atoms with Gasteiger partial charge in [-0.05, 0) is 45.1 Å². The van der Waals surface area contributed by atoms with Crippen LogP contribution < -0.4 is 5.32 Å². The molecule has 0 saturated carbocycles. The monoisotopic (exact) mass is 233 g/mol. The third kappa shape index (κ3) is 3.22. The first kappa shape index (κ1) is 12.4. The molecule has 2 nitrogen and oxygen atoms in total. The number of hydrogen-bond acceptors (Lipinski definition) is 2. The quantitative estimate of drug-likeness (QED) is 0.796. The number of rotatable bonds is 3. The van der Waals surface area contributed by atoms with Crippen LogP contribution in [0.2, 0.25) is 0 Å². The first-order valence-electron chi connectivity index (χ1n) is 6.58. The van der Waals surface area contributed by atoms with Crippen LogP contribution in [0.1, 0.15) is 51.6 Å². The normalized spacial score (nSPS) is 29.0. The molecule has 2 heteroatoms. The van der Waals surface area contributed by atoms with E-state index in [1.807, 2.05) is 6.26 Å². The van der Waals surface area contributed by atoms with E-state index in [2.05, 4.69) is 38.2 Å². The standard InChI is InChI=1S/C15H23NO/c1-11(2)4-6-14-12(3)5-7-15(16-14)13-8-9-17-10-13/h4,8-10,12,14-16H,5-7H2,1-3H3/t12-,14+,15-/m0/s1. The van der Waals surface area contributed by atoms with Crippen LogP contribution in [0.3, 0.4) is 0 Å². The second-order valence-electron chi connectivity index (χ2n) is 5.45. The summed E-state index contributed by atoms with van der Waals surface area (Å²) in [5.41, 5.74) is 2.70. The molecule has 1 aromatic heterocycles. The molecule has 1 fully saturated rings. The van der Waals surface area contributed by atoms with Crippen LogP contribution >= 0.6 is 0 Å². The molecule has 0 aliphatic carbocycles. The predicted octanol–water partition coefficient (Wildman–Crippen LogP) is 4.07. The Morgan fingerprint density at radius 2 is 2.29 bits per heavy atom. The highest BCUT2D eigenvalue weighted by Gasteiger charge is 2.27. The average molecular weight is 233 g/mol. The molecule has 0 bridgehead atoms. The summed E-state index contributed by atoms with van der Waals surface area (Å²) in [6.07, 6.45) is 9.62. The van der Waals surface area contributed by atoms with Gasteiger partial charge in [-0.2, -0.15) is 0 Å². The van der Waals surface area contributed by atoms with Gasteiger partial charge in [0.25, 0.3) is 0 Å². The van der Waals surface area contributed by atoms with Gasteiger partial charge in [-0.1, -0.05) is 18.6 Å². The molecule has 0 spiro atoms. The van der Waals surface area contributed by atoms with Crippen molar-refractivity contribution in [2.24, 2.45) is 5.92 Å². The molecule has 2 rings (SSSR count). The average Bonchev–Trinajstić information content (AvgIpc) is 2.81. The van der Waals surface area contributed by atoms with Gasteiger partial charge in [0, 0.05) is 17.6 Å². The number of piperidine rings is 1. The Kier molecular flexibility index (Phi) is 4.06. The molecule has 0 aromatic carbocycles. The SMILES string of the molecule is CC(C)=CC[C@H]1N[C@H](c2ccoc2)CC[C@@H]1C. The van der Waals surface area contributed by atoms with E-state index in [0.29, 0.717) is 12.1 Å². The van der Waals surface area contributed by atoms with Crippen molar-refractivity contribution in [1.29, 1.82) is 0 Å². The van der Waals surface area contributed by atoms with Crippen molar-refractivity contribution >= 4 is 0 Å². The van der Waals surface area contributed by atoms with E-state index in [-0.39, 0.29) is 0 Å². The Labute approximate surface area is 104 Å². The molecule has 3 atom stereocenters. The first-order chi connectivity index (χ1) is 8.16. The zero-order valence-electron chi connectivity index (χ0n) is 11.1. The van der Waals surface area contributed by atoms with Crippen LogP contribution in [0, 0.1) is 5.92 Å². The molecular weight excluding hydrogens is 210 g/mol. The van der Waals surface area contributed by atoms with Gasteiger partial charge < -0.3 is 9.73 Å². The van der Waals surface area contributed by atoms with Crippen LogP contribution in [0.4, 0.5) is 0 Å². The summed E-state index contributed by atoms with van der Waals surface area (Å²) in [5, 5.41) is 3.76. The van der Waals surface area contributed by atoms with Crippen LogP contribution in [0.15, 0.2) is 34.7 Å². The molecular formula is C15H23NO. The van der Waals surface area contributed by atoms with Gasteiger partial charge in [-0.25, -0.2) is 0 Å². The summed E-state index contributed by atoms with van der Waals surface area (Å²) < 4.78 is 5.18. The third-order valence-corrected chi connectivity index (χ3v) is 3.74. The molecule has 1 aliphatic heterocycles. The molecule has 0 amide bonds. The molecule has 1 N–H and O–H groups in total. The van der Waals surface area contributed by atoms with Gasteiger partial charge >= 0.3 is 0 Å². The lowest BCUT2D eigenvalue weighted by molar-refractivity contribution is 0.246. The van der Waals surface area contributed by atoms with E-state index < -0.39 is 0 Å². The van der Waals surface area contributed by atoms with E-state index in [0.717, 1.165) is 12.3 Å². The lowest BCUT2D eigenvalue weighted by Crippen LogP contribution is -2.41. The van der Waals surface area contributed by atoms with Crippen molar-refractivity contribution in [2.75, 3.05) is 0 Å². The first-order valence-corrected chi connectivity index (χ1v) is 6.58. The summed E-state index contributed by atoms with van der Waals surface area (Å²) in [6, 6.07) is 3.14. The number of furan rings is 1. The highest BCUT2D eigenvalue weighted by atomic mass is 16.3. The lowest BCUT2D eigenvalue weighted by atomic mass is 9.85. The third-order valence-electron chi connectivity index (χ3n) is 3.74. The van der Waals surface area contributed by atoms with Crippen molar-refractivity contribution in [1.82, 2.24) is 5.32 Å². The fourth-order valence-electron chi connectivity index (χ4n) is 2.54. The van der Waals surface area contributed by atoms with E-state index in [1.54, 1.807) is 6.26 Å². The Morgan fingerprint density at radius 3 is 2.94 bits per heavy atom. The van der Waals surface area contributed by atoms with Crippen LogP contribution in [0.25, 0.3) is 0 Å². The van der Waals surface area contributed by atoms with Gasteiger partial charge in [0.15, 0.2) is 0 Å². The van der Waals surface area contributed by atoms with Crippen molar-refractivity contribution < 1.29 is 4.42 Å². The molecule has 2 heterocycles. The second-order valence-corrected chi connectivity index (χ2v) is 5.45. The predicted molar refractivity (Wildman–Crippen MR) is 70.8 cm³/mol. The van der Waals surface area contributed by atoms with Crippen molar-refractivity contribution in [2.45, 2.75) is 52.1 Å². The Balaban J connectivity index is 1.99. The van der Waals surface area contributed by atoms with Crippen molar-refractivity contribution in [3.63, 3.8) is 0 Å². The maximum Gasteiger partial charge on any atom is 0.0950 e. The molecule has 94 valence electrons. The van der Waals surface area contributed by atoms with Gasteiger partial charge in [-0.15, -0.1) is 0 Å². The van der Waals surface area contributed by atoms with E-state index in [9.17, 15) is 0 Å². The second kappa shape index (κ2) is 5.54. The summed E-state index contributed by atoms with van der Waals surface area (Å²) in [6.45, 7) is 6.68. The molecule has 1 saturated heterocycles. The lowest BCUT2D eigenvalue weighted by Gasteiger charge is -2.35. The Bertz CT molecular complexity index is 362. The number of allylic oxidation sites excluding steroid dienone is 1. The largest absolute Gasteiger partial charge is 0.472 e. The van der Waals surface area contributed by atoms with E-state index in [4.69, 9.17) is 4.42 Å². The van der Waals surface area contributed by atoms with E-state index >= 15 is 0 Å². The zero-order chi connectivity index (χ0) is 12.3. The molecule has 17 heavy (non-hydrogen) atoms. The number of hydrogen-bond donors (Lipinski definition) is 1. The zero-order valence-corrected chi connectivity index (χ0v) is 11.1. The maximum atomic E-state index is 5.18. The molecule has 0 unspecified atom stereocenters. The summed E-state index contributed by atoms with van der Waals surface area (Å²) in [5.74, 6) is 0.758. The van der Waals surface area contributed by atoms with Gasteiger partial charge in [0.2, 0.25) is 0 Å². The maximum absolute atomic E-state index is 5.18. The highest BCUT2D eigenvalue weighted by Crippen LogP contribution is 2.30. The van der Waals surface area contributed by atoms with E-state index in [1.165, 1.54) is 24.0 Å². The summed E-state index contributed by atoms with van der Waals surface area (Å²) in [7, 11) is 0. The summed E-state index contributed by atoms with van der Waals surface area (Å²) >= 11 is 0. The van der Waals surface area contributed by atoms with Crippen LogP contribution in [-0.4, -0.2) is 6.04 Å². The van der Waals surface area contributed by atoms with Gasteiger partial charge in [-0.3, -0.25) is 0 Å². The van der Waals surface area contributed by atoms with Crippen LogP contribution in [-0.2, 0) is 0 Å². The molecule has 0 radical (unpaired) electrons. The fraction of sp³-hybridized carbons (Fsp3) is 0.600. The minimum atomic E-state index is 0.473. The van der Waals surface area contributed by atoms with Crippen molar-refractivity contribution in [3.8, 4) is 0 Å².